The van der Waals surface area contributed by atoms with Crippen LogP contribution in [0.15, 0.2) is 71.9 Å². The van der Waals surface area contributed by atoms with E-state index in [2.05, 4.69) is 34.5 Å². The molecular formula is C31H27ClF2N6O. The third-order valence-corrected chi connectivity index (χ3v) is 7.41. The second-order valence-corrected chi connectivity index (χ2v) is 10.8. The molecule has 0 radical (unpaired) electrons. The number of rotatable bonds is 4. The van der Waals surface area contributed by atoms with E-state index >= 15 is 0 Å². The number of carbonyl (C=O) groups excluding carboxylic acids is 1. The van der Waals surface area contributed by atoms with Crippen LogP contribution in [-0.4, -0.2) is 51.7 Å². The molecule has 1 aromatic heterocycles. The number of aliphatic imine (C=N–C) groups is 1. The smallest absolute Gasteiger partial charge is 0.254 e. The number of hydrogen-bond donors (Lipinski definition) is 2. The number of halogens is 3. The van der Waals surface area contributed by atoms with Gasteiger partial charge in [-0.25, -0.2) is 18.7 Å². The Labute approximate surface area is 241 Å². The van der Waals surface area contributed by atoms with Crippen LogP contribution in [0.25, 0.3) is 11.3 Å². The quantitative estimate of drug-likeness (QED) is 0.314. The van der Waals surface area contributed by atoms with Crippen molar-refractivity contribution in [1.82, 2.24) is 20.2 Å². The lowest BCUT2D eigenvalue weighted by molar-refractivity contribution is 0.0674. The maximum Gasteiger partial charge on any atom is 0.254 e. The second-order valence-electron chi connectivity index (χ2n) is 10.4. The van der Waals surface area contributed by atoms with E-state index in [1.54, 1.807) is 36.5 Å². The molecule has 208 valence electrons. The molecule has 10 heteroatoms. The Hall–Kier alpha value is -4.21. The summed E-state index contributed by atoms with van der Waals surface area (Å²) >= 11 is 6.32. The summed E-state index contributed by atoms with van der Waals surface area (Å²) in [5.41, 5.74) is 3.52. The van der Waals surface area contributed by atoms with Gasteiger partial charge in [0.1, 0.15) is 11.6 Å². The number of piperazine rings is 1. The van der Waals surface area contributed by atoms with Gasteiger partial charge in [0.15, 0.2) is 0 Å². The Bertz CT molecular complexity index is 1660. The van der Waals surface area contributed by atoms with Gasteiger partial charge in [-0.2, -0.15) is 0 Å². The highest BCUT2D eigenvalue weighted by Crippen LogP contribution is 2.35. The summed E-state index contributed by atoms with van der Waals surface area (Å²) in [6.45, 7) is 5.53. The first-order chi connectivity index (χ1) is 19.8. The molecule has 2 atom stereocenters. The number of amides is 1. The monoisotopic (exact) mass is 572 g/mol. The fourth-order valence-electron chi connectivity index (χ4n) is 5.46. The summed E-state index contributed by atoms with van der Waals surface area (Å²) in [6.07, 6.45) is 1.64. The molecule has 0 bridgehead atoms. The van der Waals surface area contributed by atoms with Crippen LogP contribution < -0.4 is 10.6 Å². The van der Waals surface area contributed by atoms with Crippen molar-refractivity contribution in [2.45, 2.75) is 32.5 Å². The number of hydrogen-bond acceptors (Lipinski definition) is 6. The van der Waals surface area contributed by atoms with E-state index in [0.717, 1.165) is 0 Å². The molecule has 1 saturated heterocycles. The zero-order chi connectivity index (χ0) is 28.7. The van der Waals surface area contributed by atoms with E-state index in [0.29, 0.717) is 57.7 Å². The van der Waals surface area contributed by atoms with Crippen molar-refractivity contribution in [3.63, 3.8) is 0 Å². The van der Waals surface area contributed by atoms with Crippen molar-refractivity contribution in [3.8, 4) is 11.3 Å². The number of nitrogens with zero attached hydrogens (tertiary/aromatic N) is 4. The Balaban J connectivity index is 1.33. The lowest BCUT2D eigenvalue weighted by Gasteiger charge is -2.36. The van der Waals surface area contributed by atoms with Gasteiger partial charge >= 0.3 is 0 Å². The summed E-state index contributed by atoms with van der Waals surface area (Å²) in [5, 5.41) is 7.05. The summed E-state index contributed by atoms with van der Waals surface area (Å²) in [6, 6.07) is 16.5. The minimum atomic E-state index is -0.715. The lowest BCUT2D eigenvalue weighted by atomic mass is 9.95. The van der Waals surface area contributed by atoms with Crippen molar-refractivity contribution in [2.24, 2.45) is 4.99 Å². The number of anilines is 2. The van der Waals surface area contributed by atoms with E-state index in [9.17, 15) is 13.6 Å². The minimum absolute atomic E-state index is 0.0347. The van der Waals surface area contributed by atoms with Crippen LogP contribution in [-0.2, 0) is 6.54 Å². The summed E-state index contributed by atoms with van der Waals surface area (Å²) < 4.78 is 29.6. The van der Waals surface area contributed by atoms with Gasteiger partial charge in [0.25, 0.3) is 5.91 Å². The van der Waals surface area contributed by atoms with Crippen LogP contribution in [0.3, 0.4) is 0 Å². The second kappa shape index (κ2) is 11.0. The van der Waals surface area contributed by atoms with Crippen molar-refractivity contribution >= 4 is 34.9 Å². The van der Waals surface area contributed by atoms with E-state index in [1.807, 2.05) is 17.0 Å². The van der Waals surface area contributed by atoms with Crippen molar-refractivity contribution < 1.29 is 13.6 Å². The molecular weight excluding hydrogens is 546 g/mol. The van der Waals surface area contributed by atoms with E-state index < -0.39 is 11.6 Å². The van der Waals surface area contributed by atoms with Gasteiger partial charge < -0.3 is 15.5 Å². The molecule has 1 fully saturated rings. The van der Waals surface area contributed by atoms with Gasteiger partial charge in [0.2, 0.25) is 5.95 Å². The van der Waals surface area contributed by atoms with Gasteiger partial charge in [-0.15, -0.1) is 0 Å². The van der Waals surface area contributed by atoms with Crippen LogP contribution in [0.4, 0.5) is 20.4 Å². The minimum Gasteiger partial charge on any atom is -0.336 e. The predicted octanol–water partition coefficient (Wildman–Crippen LogP) is 5.99. The molecule has 2 N–H and O–H groups in total. The number of nitrogens with one attached hydrogen (secondary N) is 2. The van der Waals surface area contributed by atoms with Crippen molar-refractivity contribution in [3.05, 3.63) is 106 Å². The molecule has 3 heterocycles. The molecule has 0 aliphatic carbocycles. The molecule has 3 aromatic carbocycles. The highest BCUT2D eigenvalue weighted by molar-refractivity contribution is 6.31. The van der Waals surface area contributed by atoms with Gasteiger partial charge in [-0.1, -0.05) is 29.8 Å². The molecule has 1 amide bonds. The summed E-state index contributed by atoms with van der Waals surface area (Å²) in [4.78, 5) is 28.9. The Kier molecular flexibility index (Phi) is 7.23. The number of fused-ring (bicyclic) bond motifs is 3. The number of carbonyl (C=O) groups is 1. The first-order valence-electron chi connectivity index (χ1n) is 13.3. The summed E-state index contributed by atoms with van der Waals surface area (Å²) in [5.74, 6) is -1.16. The molecule has 7 nitrogen and oxygen atoms in total. The maximum atomic E-state index is 14.8. The Morgan fingerprint density at radius 1 is 1.00 bits per heavy atom. The third kappa shape index (κ3) is 5.42. The van der Waals surface area contributed by atoms with E-state index in [-0.39, 0.29) is 35.8 Å². The Morgan fingerprint density at radius 3 is 2.49 bits per heavy atom. The maximum absolute atomic E-state index is 14.8. The molecule has 0 spiro atoms. The molecule has 0 saturated carbocycles. The molecule has 6 rings (SSSR count). The average molecular weight is 573 g/mol. The van der Waals surface area contributed by atoms with E-state index in [1.165, 1.54) is 18.2 Å². The van der Waals surface area contributed by atoms with E-state index in [4.69, 9.17) is 16.6 Å². The average Bonchev–Trinajstić information content (AvgIpc) is 3.09. The number of benzene rings is 3. The van der Waals surface area contributed by atoms with Gasteiger partial charge in [0.05, 0.1) is 23.5 Å². The van der Waals surface area contributed by atoms with Crippen LogP contribution >= 0.6 is 11.6 Å². The van der Waals surface area contributed by atoms with Crippen LogP contribution in [0.1, 0.15) is 40.9 Å². The van der Waals surface area contributed by atoms with Gasteiger partial charge in [-0.3, -0.25) is 9.79 Å². The molecule has 2 aliphatic rings. The largest absolute Gasteiger partial charge is 0.336 e. The normalized spacial score (nSPS) is 18.2. The zero-order valence-corrected chi connectivity index (χ0v) is 23.2. The zero-order valence-electron chi connectivity index (χ0n) is 22.5. The molecule has 41 heavy (non-hydrogen) atoms. The lowest BCUT2D eigenvalue weighted by Crippen LogP contribution is -2.55. The molecule has 4 aromatic rings. The first kappa shape index (κ1) is 27.0. The van der Waals surface area contributed by atoms with Crippen molar-refractivity contribution in [1.29, 1.82) is 0 Å². The topological polar surface area (TPSA) is 82.5 Å². The third-order valence-electron chi connectivity index (χ3n) is 7.17. The van der Waals surface area contributed by atoms with Crippen molar-refractivity contribution in [2.75, 3.05) is 18.4 Å². The van der Waals surface area contributed by atoms with Crippen LogP contribution in [0, 0.1) is 11.6 Å². The van der Waals surface area contributed by atoms with Crippen LogP contribution in [0.5, 0.6) is 0 Å². The fourth-order valence-corrected chi connectivity index (χ4v) is 5.63. The van der Waals surface area contributed by atoms with Gasteiger partial charge in [-0.05, 0) is 56.3 Å². The number of aromatic nitrogens is 2. The molecule has 2 aliphatic heterocycles. The standard InChI is InChI=1S/C31H27ClF2N6O/c1-17-15-40(16-18(2)37-17)30(41)19-5-3-6-22(11-19)38-31-36-14-20-13-35-29(27-25(33)7-4-8-26(27)34)24-12-21(32)9-10-23(24)28(20)39-31/h3-12,14,17-18,37H,13,15-16H2,1-2H3,(H,36,38,39). The highest BCUT2D eigenvalue weighted by Gasteiger charge is 2.27. The molecule has 2 unspecified atom stereocenters. The summed E-state index contributed by atoms with van der Waals surface area (Å²) in [7, 11) is 0. The fraction of sp³-hybridized carbons (Fsp3) is 0.226. The highest BCUT2D eigenvalue weighted by atomic mass is 35.5. The first-order valence-corrected chi connectivity index (χ1v) is 13.7. The Morgan fingerprint density at radius 2 is 1.73 bits per heavy atom. The van der Waals surface area contributed by atoms with Gasteiger partial charge in [0, 0.05) is 64.3 Å². The predicted molar refractivity (Wildman–Crippen MR) is 156 cm³/mol. The SMILES string of the molecule is CC1CN(C(=O)c2cccc(Nc3ncc4c(n3)-c3ccc(Cl)cc3C(c3c(F)cccc3F)=NC4)c2)CC(C)N1. The van der Waals surface area contributed by atoms with Crippen LogP contribution in [0.2, 0.25) is 5.02 Å².